The van der Waals surface area contributed by atoms with Gasteiger partial charge in [0.2, 0.25) is 5.91 Å². The van der Waals surface area contributed by atoms with Crippen molar-refractivity contribution >= 4 is 16.7 Å². The van der Waals surface area contributed by atoms with Crippen molar-refractivity contribution in [3.8, 4) is 11.3 Å². The monoisotopic (exact) mass is 391 g/mol. The molecule has 0 fully saturated rings. The molecule has 3 aromatic rings. The number of amides is 1. The van der Waals surface area contributed by atoms with E-state index in [-0.39, 0.29) is 24.1 Å². The molecule has 5 nitrogen and oxygen atoms in total. The number of nitrogens with one attached hydrogen (secondary N) is 1. The Morgan fingerprint density at radius 1 is 1.00 bits per heavy atom. The number of aromatic nitrogens is 2. The van der Waals surface area contributed by atoms with Gasteiger partial charge in [0, 0.05) is 17.7 Å². The Balaban J connectivity index is 1.70. The Kier molecular flexibility index (Phi) is 6.81. The van der Waals surface area contributed by atoms with Crippen LogP contribution in [0.15, 0.2) is 59.4 Å². The lowest BCUT2D eigenvalue weighted by molar-refractivity contribution is -0.122. The molecule has 3 rings (SSSR count). The minimum Gasteiger partial charge on any atom is -0.352 e. The highest BCUT2D eigenvalue weighted by atomic mass is 16.2. The van der Waals surface area contributed by atoms with E-state index in [2.05, 4.69) is 30.3 Å². The summed E-state index contributed by atoms with van der Waals surface area (Å²) in [4.78, 5) is 24.6. The van der Waals surface area contributed by atoms with E-state index in [1.165, 1.54) is 10.7 Å². The normalized spacial score (nSPS) is 12.3. The SMILES string of the molecule is CC(C)CCC[C@H](C)NC(=O)Cn1nc(-c2ccc3ccccc3c2)ccc1=O. The smallest absolute Gasteiger partial charge is 0.267 e. The Morgan fingerprint density at radius 2 is 1.76 bits per heavy atom. The maximum absolute atomic E-state index is 12.4. The van der Waals surface area contributed by atoms with Crippen LogP contribution in [0.3, 0.4) is 0 Å². The molecular weight excluding hydrogens is 362 g/mol. The van der Waals surface area contributed by atoms with Crippen molar-refractivity contribution in [3.05, 3.63) is 65.0 Å². The molecule has 0 radical (unpaired) electrons. The number of rotatable bonds is 8. The average Bonchev–Trinajstić information content (AvgIpc) is 2.69. The molecule has 29 heavy (non-hydrogen) atoms. The summed E-state index contributed by atoms with van der Waals surface area (Å²) in [7, 11) is 0. The summed E-state index contributed by atoms with van der Waals surface area (Å²) in [6, 6.07) is 17.4. The molecule has 0 aliphatic heterocycles. The summed E-state index contributed by atoms with van der Waals surface area (Å²) < 4.78 is 1.24. The van der Waals surface area contributed by atoms with E-state index in [9.17, 15) is 9.59 Å². The topological polar surface area (TPSA) is 64.0 Å². The van der Waals surface area contributed by atoms with Gasteiger partial charge in [0.05, 0.1) is 5.69 Å². The molecule has 5 heteroatoms. The first-order valence-electron chi connectivity index (χ1n) is 10.3. The van der Waals surface area contributed by atoms with Gasteiger partial charge >= 0.3 is 0 Å². The number of carbonyl (C=O) groups is 1. The zero-order valence-corrected chi connectivity index (χ0v) is 17.4. The number of nitrogens with zero attached hydrogens (tertiary/aromatic N) is 2. The van der Waals surface area contributed by atoms with E-state index in [0.29, 0.717) is 11.6 Å². The fourth-order valence-corrected chi connectivity index (χ4v) is 3.43. The second-order valence-electron chi connectivity index (χ2n) is 8.07. The Morgan fingerprint density at radius 3 is 2.52 bits per heavy atom. The van der Waals surface area contributed by atoms with Gasteiger partial charge < -0.3 is 5.32 Å². The van der Waals surface area contributed by atoms with Crippen molar-refractivity contribution in [2.45, 2.75) is 52.6 Å². The van der Waals surface area contributed by atoms with Crippen LogP contribution < -0.4 is 10.9 Å². The molecule has 0 bridgehead atoms. The van der Waals surface area contributed by atoms with Gasteiger partial charge in [-0.2, -0.15) is 5.10 Å². The molecule has 0 saturated carbocycles. The molecule has 2 aromatic carbocycles. The molecule has 0 unspecified atom stereocenters. The molecule has 1 aromatic heterocycles. The molecule has 0 saturated heterocycles. The molecule has 0 aliphatic carbocycles. The van der Waals surface area contributed by atoms with E-state index in [0.717, 1.165) is 35.6 Å². The minimum absolute atomic E-state index is 0.0746. The zero-order chi connectivity index (χ0) is 20.8. The predicted molar refractivity (Wildman–Crippen MR) is 118 cm³/mol. The molecule has 1 atom stereocenters. The van der Waals surface area contributed by atoms with Gasteiger partial charge in [-0.3, -0.25) is 9.59 Å². The van der Waals surface area contributed by atoms with Crippen LogP contribution in [0.4, 0.5) is 0 Å². The van der Waals surface area contributed by atoms with Crippen molar-refractivity contribution < 1.29 is 4.79 Å². The fraction of sp³-hybridized carbons (Fsp3) is 0.375. The highest BCUT2D eigenvalue weighted by Gasteiger charge is 2.11. The first-order valence-corrected chi connectivity index (χ1v) is 10.3. The van der Waals surface area contributed by atoms with Crippen LogP contribution in [0.25, 0.3) is 22.0 Å². The van der Waals surface area contributed by atoms with Crippen LogP contribution in [0.5, 0.6) is 0 Å². The van der Waals surface area contributed by atoms with E-state index in [1.54, 1.807) is 6.07 Å². The molecule has 152 valence electrons. The Bertz CT molecular complexity index is 1040. The summed E-state index contributed by atoms with van der Waals surface area (Å²) in [6.07, 6.45) is 3.16. The first-order chi connectivity index (χ1) is 13.9. The summed E-state index contributed by atoms with van der Waals surface area (Å²) in [5, 5.41) is 9.66. The van der Waals surface area contributed by atoms with Gasteiger partial charge in [0.25, 0.3) is 5.56 Å². The van der Waals surface area contributed by atoms with E-state index in [1.807, 2.05) is 43.3 Å². The first kappa shape index (κ1) is 20.8. The third-order valence-electron chi connectivity index (χ3n) is 5.03. The lowest BCUT2D eigenvalue weighted by atomic mass is 10.0. The van der Waals surface area contributed by atoms with Crippen LogP contribution in [-0.2, 0) is 11.3 Å². The van der Waals surface area contributed by atoms with Crippen molar-refractivity contribution in [2.75, 3.05) is 0 Å². The third kappa shape index (κ3) is 5.76. The van der Waals surface area contributed by atoms with Crippen molar-refractivity contribution in [3.63, 3.8) is 0 Å². The summed E-state index contributed by atoms with van der Waals surface area (Å²) in [6.45, 7) is 6.32. The van der Waals surface area contributed by atoms with E-state index in [4.69, 9.17) is 0 Å². The summed E-state index contributed by atoms with van der Waals surface area (Å²) in [5.41, 5.74) is 1.31. The van der Waals surface area contributed by atoms with Gasteiger partial charge in [-0.15, -0.1) is 0 Å². The van der Waals surface area contributed by atoms with Gasteiger partial charge in [0.1, 0.15) is 6.54 Å². The summed E-state index contributed by atoms with van der Waals surface area (Å²) >= 11 is 0. The fourth-order valence-electron chi connectivity index (χ4n) is 3.43. The highest BCUT2D eigenvalue weighted by molar-refractivity contribution is 5.86. The van der Waals surface area contributed by atoms with Gasteiger partial charge in [0.15, 0.2) is 0 Å². The zero-order valence-electron chi connectivity index (χ0n) is 17.4. The second-order valence-corrected chi connectivity index (χ2v) is 8.07. The maximum Gasteiger partial charge on any atom is 0.267 e. The van der Waals surface area contributed by atoms with E-state index >= 15 is 0 Å². The van der Waals surface area contributed by atoms with Crippen LogP contribution in [0.2, 0.25) is 0 Å². The summed E-state index contributed by atoms with van der Waals surface area (Å²) in [5.74, 6) is 0.478. The highest BCUT2D eigenvalue weighted by Crippen LogP contribution is 2.22. The largest absolute Gasteiger partial charge is 0.352 e. The lowest BCUT2D eigenvalue weighted by Gasteiger charge is -2.15. The minimum atomic E-state index is -0.280. The standard InChI is InChI=1S/C24H29N3O2/c1-17(2)7-6-8-18(3)25-23(28)16-27-24(29)14-13-22(26-27)21-12-11-19-9-4-5-10-20(19)15-21/h4-5,9-15,17-18H,6-8,16H2,1-3H3,(H,25,28)/t18-/m0/s1. The number of hydrogen-bond acceptors (Lipinski definition) is 3. The predicted octanol–water partition coefficient (Wildman–Crippen LogP) is 4.39. The molecule has 1 heterocycles. The quantitative estimate of drug-likeness (QED) is 0.619. The van der Waals surface area contributed by atoms with Crippen LogP contribution >= 0.6 is 0 Å². The Hall–Kier alpha value is -2.95. The maximum atomic E-state index is 12.4. The van der Waals surface area contributed by atoms with Crippen molar-refractivity contribution in [2.24, 2.45) is 5.92 Å². The molecule has 0 spiro atoms. The van der Waals surface area contributed by atoms with Gasteiger partial charge in [-0.1, -0.05) is 63.1 Å². The van der Waals surface area contributed by atoms with Crippen molar-refractivity contribution in [1.82, 2.24) is 15.1 Å². The third-order valence-corrected chi connectivity index (χ3v) is 5.03. The number of benzene rings is 2. The lowest BCUT2D eigenvalue weighted by Crippen LogP contribution is -2.38. The number of carbonyl (C=O) groups excluding carboxylic acids is 1. The van der Waals surface area contributed by atoms with Crippen LogP contribution in [0.1, 0.15) is 40.0 Å². The number of hydrogen-bond donors (Lipinski definition) is 1. The molecule has 1 N–H and O–H groups in total. The number of fused-ring (bicyclic) bond motifs is 1. The van der Waals surface area contributed by atoms with Crippen LogP contribution in [-0.4, -0.2) is 21.7 Å². The van der Waals surface area contributed by atoms with Crippen molar-refractivity contribution in [1.29, 1.82) is 0 Å². The average molecular weight is 392 g/mol. The Labute approximate surface area is 171 Å². The molecular formula is C24H29N3O2. The van der Waals surface area contributed by atoms with E-state index < -0.39 is 0 Å². The van der Waals surface area contributed by atoms with Crippen LogP contribution in [0, 0.1) is 5.92 Å². The van der Waals surface area contributed by atoms with Gasteiger partial charge in [-0.05, 0) is 42.2 Å². The second kappa shape index (κ2) is 9.50. The molecule has 0 aliphatic rings. The molecule has 1 amide bonds. The van der Waals surface area contributed by atoms with Gasteiger partial charge in [-0.25, -0.2) is 4.68 Å².